The molecule has 0 bridgehead atoms. The first kappa shape index (κ1) is 24.1. The highest BCUT2D eigenvalue weighted by Gasteiger charge is 2.05. The first-order valence-electron chi connectivity index (χ1n) is 7.94. The van der Waals surface area contributed by atoms with Gasteiger partial charge in [-0.1, -0.05) is 6.92 Å². The SMILES string of the molecule is CCNC(=NCCCCSC)NCCC(=O)NC(C)CC.I. The summed E-state index contributed by atoms with van der Waals surface area (Å²) in [4.78, 5) is 16.2. The van der Waals surface area contributed by atoms with Crippen molar-refractivity contribution in [3.05, 3.63) is 0 Å². The van der Waals surface area contributed by atoms with Crippen molar-refractivity contribution in [2.45, 2.75) is 52.5 Å². The second kappa shape index (κ2) is 17.2. The predicted octanol–water partition coefficient (Wildman–Crippen LogP) is 2.61. The van der Waals surface area contributed by atoms with Gasteiger partial charge in [0.25, 0.3) is 0 Å². The van der Waals surface area contributed by atoms with Crippen LogP contribution in [-0.4, -0.2) is 49.6 Å². The smallest absolute Gasteiger partial charge is 0.221 e. The third-order valence-electron chi connectivity index (χ3n) is 3.03. The van der Waals surface area contributed by atoms with Crippen LogP contribution in [0.3, 0.4) is 0 Å². The summed E-state index contributed by atoms with van der Waals surface area (Å²) in [5.74, 6) is 2.08. The molecule has 7 heteroatoms. The van der Waals surface area contributed by atoms with Crippen molar-refractivity contribution in [2.24, 2.45) is 4.99 Å². The van der Waals surface area contributed by atoms with Crippen LogP contribution >= 0.6 is 35.7 Å². The molecule has 0 saturated carbocycles. The van der Waals surface area contributed by atoms with Gasteiger partial charge in [0.15, 0.2) is 5.96 Å². The zero-order valence-electron chi connectivity index (χ0n) is 14.4. The minimum atomic E-state index is 0. The predicted molar refractivity (Wildman–Crippen MR) is 110 cm³/mol. The van der Waals surface area contributed by atoms with E-state index in [1.165, 1.54) is 12.2 Å². The summed E-state index contributed by atoms with van der Waals surface area (Å²) >= 11 is 1.87. The normalized spacial score (nSPS) is 12.3. The van der Waals surface area contributed by atoms with Gasteiger partial charge in [0, 0.05) is 32.1 Å². The Bertz CT molecular complexity index is 303. The highest BCUT2D eigenvalue weighted by molar-refractivity contribution is 14.0. The van der Waals surface area contributed by atoms with E-state index in [9.17, 15) is 4.79 Å². The number of halogens is 1. The van der Waals surface area contributed by atoms with Gasteiger partial charge in [0.1, 0.15) is 0 Å². The first-order valence-corrected chi connectivity index (χ1v) is 9.33. The molecule has 0 rings (SSSR count). The largest absolute Gasteiger partial charge is 0.357 e. The highest BCUT2D eigenvalue weighted by Crippen LogP contribution is 1.99. The molecule has 1 unspecified atom stereocenters. The van der Waals surface area contributed by atoms with Crippen LogP contribution in [0.1, 0.15) is 46.5 Å². The van der Waals surface area contributed by atoms with E-state index in [2.05, 4.69) is 34.1 Å². The molecule has 0 aliphatic heterocycles. The van der Waals surface area contributed by atoms with Gasteiger partial charge in [0.2, 0.25) is 5.91 Å². The summed E-state index contributed by atoms with van der Waals surface area (Å²) in [6, 6.07) is 0.246. The Morgan fingerprint density at radius 2 is 1.95 bits per heavy atom. The number of unbranched alkanes of at least 4 members (excludes halogenated alkanes) is 1. The lowest BCUT2D eigenvalue weighted by Gasteiger charge is -2.13. The standard InChI is InChI=1S/C15H32N4OS.HI/c1-5-13(3)19-14(20)9-11-18-15(16-6-2)17-10-7-8-12-21-4;/h13H,5-12H2,1-4H3,(H,19,20)(H2,16,17,18);1H. The Balaban J connectivity index is 0. The molecule has 0 aromatic carbocycles. The lowest BCUT2D eigenvalue weighted by molar-refractivity contribution is -0.121. The van der Waals surface area contributed by atoms with Crippen molar-refractivity contribution in [3.8, 4) is 0 Å². The number of amides is 1. The van der Waals surface area contributed by atoms with E-state index in [0.29, 0.717) is 13.0 Å². The van der Waals surface area contributed by atoms with Gasteiger partial charge in [-0.15, -0.1) is 24.0 Å². The van der Waals surface area contributed by atoms with Gasteiger partial charge in [-0.2, -0.15) is 11.8 Å². The maximum atomic E-state index is 11.7. The molecule has 3 N–H and O–H groups in total. The van der Waals surface area contributed by atoms with Crippen molar-refractivity contribution in [2.75, 3.05) is 31.6 Å². The zero-order valence-corrected chi connectivity index (χ0v) is 17.6. The van der Waals surface area contributed by atoms with E-state index in [0.717, 1.165) is 31.9 Å². The first-order chi connectivity index (χ1) is 10.1. The van der Waals surface area contributed by atoms with Gasteiger partial charge >= 0.3 is 0 Å². The maximum absolute atomic E-state index is 11.7. The minimum absolute atomic E-state index is 0. The van der Waals surface area contributed by atoms with Gasteiger partial charge < -0.3 is 16.0 Å². The topological polar surface area (TPSA) is 65.5 Å². The Hall–Kier alpha value is -0.180. The van der Waals surface area contributed by atoms with E-state index in [1.54, 1.807) is 0 Å². The molecule has 0 aliphatic rings. The summed E-state index contributed by atoms with van der Waals surface area (Å²) < 4.78 is 0. The van der Waals surface area contributed by atoms with E-state index in [4.69, 9.17) is 0 Å². The highest BCUT2D eigenvalue weighted by atomic mass is 127. The van der Waals surface area contributed by atoms with Gasteiger partial charge in [0.05, 0.1) is 0 Å². The average molecular weight is 444 g/mol. The Morgan fingerprint density at radius 1 is 1.23 bits per heavy atom. The summed E-state index contributed by atoms with van der Waals surface area (Å²) in [5.41, 5.74) is 0. The molecule has 132 valence electrons. The summed E-state index contributed by atoms with van der Waals surface area (Å²) in [6.45, 7) is 8.39. The number of hydrogen-bond acceptors (Lipinski definition) is 3. The average Bonchev–Trinajstić information content (AvgIpc) is 2.46. The lowest BCUT2D eigenvalue weighted by Crippen LogP contribution is -2.40. The number of carbonyl (C=O) groups is 1. The number of nitrogens with zero attached hydrogens (tertiary/aromatic N) is 1. The van der Waals surface area contributed by atoms with E-state index < -0.39 is 0 Å². The van der Waals surface area contributed by atoms with E-state index in [-0.39, 0.29) is 35.9 Å². The van der Waals surface area contributed by atoms with Gasteiger partial charge in [-0.05, 0) is 45.1 Å². The van der Waals surface area contributed by atoms with Crippen LogP contribution in [0.5, 0.6) is 0 Å². The minimum Gasteiger partial charge on any atom is -0.357 e. The molecule has 22 heavy (non-hydrogen) atoms. The van der Waals surface area contributed by atoms with Crippen LogP contribution in [0.15, 0.2) is 4.99 Å². The van der Waals surface area contributed by atoms with Crippen LogP contribution in [0.25, 0.3) is 0 Å². The molecular formula is C15H33IN4OS. The van der Waals surface area contributed by atoms with Crippen LogP contribution < -0.4 is 16.0 Å². The fourth-order valence-corrected chi connectivity index (χ4v) is 2.13. The molecule has 0 saturated heterocycles. The summed E-state index contributed by atoms with van der Waals surface area (Å²) in [6.07, 6.45) is 5.85. The number of aliphatic imine (C=N–C) groups is 1. The van der Waals surface area contributed by atoms with Crippen LogP contribution in [0.2, 0.25) is 0 Å². The van der Waals surface area contributed by atoms with Crippen LogP contribution in [0.4, 0.5) is 0 Å². The number of hydrogen-bond donors (Lipinski definition) is 3. The third-order valence-corrected chi connectivity index (χ3v) is 3.73. The van der Waals surface area contributed by atoms with Gasteiger partial charge in [-0.25, -0.2) is 0 Å². The molecule has 1 amide bonds. The van der Waals surface area contributed by atoms with Crippen LogP contribution in [-0.2, 0) is 4.79 Å². The summed E-state index contributed by atoms with van der Waals surface area (Å²) in [5, 5.41) is 9.37. The second-order valence-electron chi connectivity index (χ2n) is 5.01. The van der Waals surface area contributed by atoms with Crippen molar-refractivity contribution >= 4 is 47.6 Å². The van der Waals surface area contributed by atoms with E-state index in [1.807, 2.05) is 25.6 Å². The number of thioether (sulfide) groups is 1. The maximum Gasteiger partial charge on any atom is 0.221 e. The molecule has 0 aromatic rings. The number of guanidine groups is 1. The lowest BCUT2D eigenvalue weighted by atomic mass is 10.2. The van der Waals surface area contributed by atoms with Gasteiger partial charge in [-0.3, -0.25) is 9.79 Å². The second-order valence-corrected chi connectivity index (χ2v) is 6.00. The monoisotopic (exact) mass is 444 g/mol. The molecule has 0 spiro atoms. The van der Waals surface area contributed by atoms with Crippen LogP contribution in [0, 0.1) is 0 Å². The number of nitrogens with one attached hydrogen (secondary N) is 3. The molecule has 5 nitrogen and oxygen atoms in total. The van der Waals surface area contributed by atoms with Crippen molar-refractivity contribution in [1.82, 2.24) is 16.0 Å². The quantitative estimate of drug-likeness (QED) is 0.198. The molecule has 0 aromatic heterocycles. The van der Waals surface area contributed by atoms with Crippen molar-refractivity contribution in [3.63, 3.8) is 0 Å². The Kier molecular flexibility index (Phi) is 18.8. The molecular weight excluding hydrogens is 411 g/mol. The zero-order chi connectivity index (χ0) is 15.9. The molecule has 1 atom stereocenters. The van der Waals surface area contributed by atoms with E-state index >= 15 is 0 Å². The van der Waals surface area contributed by atoms with Crippen molar-refractivity contribution < 1.29 is 4.79 Å². The fraction of sp³-hybridized carbons (Fsp3) is 0.867. The molecule has 0 radical (unpaired) electrons. The third kappa shape index (κ3) is 14.7. The molecule has 0 fully saturated rings. The summed E-state index contributed by atoms with van der Waals surface area (Å²) in [7, 11) is 0. The molecule has 0 aliphatic carbocycles. The fourth-order valence-electron chi connectivity index (χ4n) is 1.63. The van der Waals surface area contributed by atoms with Crippen molar-refractivity contribution in [1.29, 1.82) is 0 Å². The Morgan fingerprint density at radius 3 is 2.55 bits per heavy atom. The number of rotatable bonds is 11. The molecule has 0 heterocycles. The number of carbonyl (C=O) groups excluding carboxylic acids is 1. The Labute approximate surface area is 157 Å².